The third-order valence-electron chi connectivity index (χ3n) is 2.53. The van der Waals surface area contributed by atoms with E-state index in [9.17, 15) is 9.18 Å². The number of hydrogen-bond donors (Lipinski definition) is 2. The Morgan fingerprint density at radius 2 is 2.36 bits per heavy atom. The first-order valence-corrected chi connectivity index (χ1v) is 3.90. The van der Waals surface area contributed by atoms with Gasteiger partial charge in [-0.25, -0.2) is 4.39 Å². The lowest BCUT2D eigenvalue weighted by Crippen LogP contribution is -2.49. The van der Waals surface area contributed by atoms with E-state index in [-0.39, 0.29) is 12.5 Å². The third-order valence-corrected chi connectivity index (χ3v) is 2.53. The minimum absolute atomic E-state index is 0.117. The van der Waals surface area contributed by atoms with Gasteiger partial charge in [-0.05, 0) is 13.0 Å². The summed E-state index contributed by atoms with van der Waals surface area (Å²) in [5.41, 5.74) is -1.31. The molecule has 0 aromatic carbocycles. The van der Waals surface area contributed by atoms with Crippen molar-refractivity contribution in [2.24, 2.45) is 5.92 Å². The maximum atomic E-state index is 13.7. The molecule has 2 heterocycles. The molecule has 1 amide bonds. The number of alkyl halides is 1. The molecule has 2 fully saturated rings. The summed E-state index contributed by atoms with van der Waals surface area (Å²) in [6, 6.07) is 0. The molecule has 0 saturated carbocycles. The van der Waals surface area contributed by atoms with Crippen LogP contribution < -0.4 is 10.6 Å². The van der Waals surface area contributed by atoms with Crippen LogP contribution in [-0.2, 0) is 4.79 Å². The number of fused-ring (bicyclic) bond motifs is 1. The van der Waals surface area contributed by atoms with E-state index < -0.39 is 11.6 Å². The second-order valence-electron chi connectivity index (χ2n) is 3.27. The van der Waals surface area contributed by atoms with Crippen LogP contribution in [0.2, 0.25) is 0 Å². The van der Waals surface area contributed by atoms with Crippen molar-refractivity contribution >= 4 is 5.91 Å². The fraction of sp³-hybridized carbons (Fsp3) is 0.857. The van der Waals surface area contributed by atoms with Crippen molar-refractivity contribution in [2.45, 2.75) is 12.1 Å². The minimum atomic E-state index is -1.31. The van der Waals surface area contributed by atoms with Gasteiger partial charge in [0.25, 0.3) is 0 Å². The summed E-state index contributed by atoms with van der Waals surface area (Å²) in [5.74, 6) is -0.516. The SMILES string of the molecule is O=C1NC[C@]2(F)CNCC[C@H]12. The molecule has 0 radical (unpaired) electrons. The van der Waals surface area contributed by atoms with Crippen molar-refractivity contribution in [3.05, 3.63) is 0 Å². The van der Waals surface area contributed by atoms with Gasteiger partial charge in [-0.2, -0.15) is 0 Å². The summed E-state index contributed by atoms with van der Waals surface area (Å²) in [7, 11) is 0. The Kier molecular flexibility index (Phi) is 1.39. The van der Waals surface area contributed by atoms with Crippen LogP contribution in [0.3, 0.4) is 0 Å². The Hall–Kier alpha value is -0.640. The molecular formula is C7H11FN2O. The zero-order valence-electron chi connectivity index (χ0n) is 6.19. The van der Waals surface area contributed by atoms with Gasteiger partial charge >= 0.3 is 0 Å². The predicted octanol–water partition coefficient (Wildman–Crippen LogP) is -0.566. The second kappa shape index (κ2) is 2.17. The van der Waals surface area contributed by atoms with E-state index in [1.165, 1.54) is 0 Å². The zero-order chi connectivity index (χ0) is 7.90. The Morgan fingerprint density at radius 3 is 3.09 bits per heavy atom. The van der Waals surface area contributed by atoms with Crippen LogP contribution in [0.25, 0.3) is 0 Å². The van der Waals surface area contributed by atoms with E-state index in [1.54, 1.807) is 0 Å². The maximum absolute atomic E-state index is 13.7. The van der Waals surface area contributed by atoms with Crippen LogP contribution in [0.4, 0.5) is 4.39 Å². The molecule has 2 aliphatic rings. The number of rotatable bonds is 0. The first-order chi connectivity index (χ1) is 5.22. The van der Waals surface area contributed by atoms with Gasteiger partial charge in [0.05, 0.1) is 12.5 Å². The van der Waals surface area contributed by atoms with Crippen LogP contribution >= 0.6 is 0 Å². The molecule has 0 aliphatic carbocycles. The van der Waals surface area contributed by atoms with Crippen LogP contribution in [0.1, 0.15) is 6.42 Å². The highest BCUT2D eigenvalue weighted by Crippen LogP contribution is 2.31. The van der Waals surface area contributed by atoms with Gasteiger partial charge in [-0.1, -0.05) is 0 Å². The number of piperidine rings is 1. The number of hydrogen-bond acceptors (Lipinski definition) is 2. The topological polar surface area (TPSA) is 41.1 Å². The number of nitrogens with one attached hydrogen (secondary N) is 2. The molecule has 0 aromatic rings. The van der Waals surface area contributed by atoms with Crippen LogP contribution in [0.15, 0.2) is 0 Å². The number of halogens is 1. The number of carbonyl (C=O) groups is 1. The summed E-state index contributed by atoms with van der Waals surface area (Å²) in [6.07, 6.45) is 0.627. The van der Waals surface area contributed by atoms with Crippen molar-refractivity contribution in [1.29, 1.82) is 0 Å². The molecule has 2 N–H and O–H groups in total. The van der Waals surface area contributed by atoms with Crippen LogP contribution in [-0.4, -0.2) is 31.2 Å². The lowest BCUT2D eigenvalue weighted by atomic mass is 9.86. The molecule has 2 atom stereocenters. The molecule has 0 unspecified atom stereocenters. The van der Waals surface area contributed by atoms with Crippen molar-refractivity contribution < 1.29 is 9.18 Å². The Balaban J connectivity index is 2.21. The van der Waals surface area contributed by atoms with Crippen molar-refractivity contribution in [3.8, 4) is 0 Å². The van der Waals surface area contributed by atoms with E-state index in [4.69, 9.17) is 0 Å². The van der Waals surface area contributed by atoms with E-state index >= 15 is 0 Å². The van der Waals surface area contributed by atoms with Gasteiger partial charge < -0.3 is 10.6 Å². The summed E-state index contributed by atoms with van der Waals surface area (Å²) in [4.78, 5) is 11.0. The summed E-state index contributed by atoms with van der Waals surface area (Å²) < 4.78 is 13.7. The summed E-state index contributed by atoms with van der Waals surface area (Å²) >= 11 is 0. The van der Waals surface area contributed by atoms with Crippen molar-refractivity contribution in [1.82, 2.24) is 10.6 Å². The first-order valence-electron chi connectivity index (χ1n) is 3.90. The second-order valence-corrected chi connectivity index (χ2v) is 3.27. The molecule has 62 valence electrons. The average Bonchev–Trinajstić information content (AvgIpc) is 2.29. The van der Waals surface area contributed by atoms with Gasteiger partial charge in [0.15, 0.2) is 5.67 Å². The predicted molar refractivity (Wildman–Crippen MR) is 37.8 cm³/mol. The lowest BCUT2D eigenvalue weighted by molar-refractivity contribution is -0.125. The summed E-state index contributed by atoms with van der Waals surface area (Å²) in [6.45, 7) is 1.25. The fourth-order valence-corrected chi connectivity index (χ4v) is 1.83. The highest BCUT2D eigenvalue weighted by atomic mass is 19.1. The minimum Gasteiger partial charge on any atom is -0.352 e. The third kappa shape index (κ3) is 0.929. The maximum Gasteiger partial charge on any atom is 0.226 e. The van der Waals surface area contributed by atoms with Gasteiger partial charge in [-0.3, -0.25) is 4.79 Å². The lowest BCUT2D eigenvalue weighted by Gasteiger charge is -2.29. The highest BCUT2D eigenvalue weighted by molar-refractivity contribution is 5.82. The first kappa shape index (κ1) is 7.03. The molecular weight excluding hydrogens is 147 g/mol. The smallest absolute Gasteiger partial charge is 0.226 e. The van der Waals surface area contributed by atoms with Crippen LogP contribution in [0, 0.1) is 5.92 Å². The Morgan fingerprint density at radius 1 is 1.55 bits per heavy atom. The normalized spacial score (nSPS) is 43.4. The number of amides is 1. The van der Waals surface area contributed by atoms with Gasteiger partial charge in [0.2, 0.25) is 5.91 Å². The van der Waals surface area contributed by atoms with E-state index in [1.807, 2.05) is 0 Å². The molecule has 2 aliphatic heterocycles. The quantitative estimate of drug-likeness (QED) is 0.496. The van der Waals surface area contributed by atoms with Gasteiger partial charge in [0, 0.05) is 6.54 Å². The zero-order valence-corrected chi connectivity index (χ0v) is 6.19. The van der Waals surface area contributed by atoms with E-state index in [2.05, 4.69) is 10.6 Å². The largest absolute Gasteiger partial charge is 0.352 e. The molecule has 2 rings (SSSR count). The Bertz CT molecular complexity index is 197. The van der Waals surface area contributed by atoms with Gasteiger partial charge in [-0.15, -0.1) is 0 Å². The molecule has 0 aromatic heterocycles. The summed E-state index contributed by atoms with van der Waals surface area (Å²) in [5, 5.41) is 5.50. The highest BCUT2D eigenvalue weighted by Gasteiger charge is 2.50. The average molecular weight is 158 g/mol. The standard InChI is InChI=1S/C7H11FN2O/c8-7-3-9-2-1-5(7)6(11)10-4-7/h5,9H,1-4H2,(H,10,11)/t5-,7-/m1/s1. The molecule has 0 spiro atoms. The molecule has 0 bridgehead atoms. The van der Waals surface area contributed by atoms with Gasteiger partial charge in [0.1, 0.15) is 0 Å². The van der Waals surface area contributed by atoms with E-state index in [0.29, 0.717) is 13.0 Å². The van der Waals surface area contributed by atoms with Crippen LogP contribution in [0.5, 0.6) is 0 Å². The molecule has 11 heavy (non-hydrogen) atoms. The monoisotopic (exact) mass is 158 g/mol. The number of carbonyl (C=O) groups excluding carboxylic acids is 1. The van der Waals surface area contributed by atoms with E-state index in [0.717, 1.165) is 6.54 Å². The Labute approximate surface area is 64.3 Å². The van der Waals surface area contributed by atoms with Crippen molar-refractivity contribution in [2.75, 3.05) is 19.6 Å². The van der Waals surface area contributed by atoms with Crippen molar-refractivity contribution in [3.63, 3.8) is 0 Å². The molecule has 2 saturated heterocycles. The molecule has 4 heteroatoms. The fourth-order valence-electron chi connectivity index (χ4n) is 1.83. The molecule has 3 nitrogen and oxygen atoms in total.